The molecule has 1 rings (SSSR count). The van der Waals surface area contributed by atoms with Crippen LogP contribution in [0.2, 0.25) is 5.02 Å². The van der Waals surface area contributed by atoms with Gasteiger partial charge in [0.1, 0.15) is 5.75 Å². The third kappa shape index (κ3) is 2.16. The molecule has 0 saturated carbocycles. The first-order valence-corrected chi connectivity index (χ1v) is 4.70. The van der Waals surface area contributed by atoms with Crippen molar-refractivity contribution in [3.8, 4) is 5.75 Å². The number of rotatable bonds is 0. The highest BCUT2D eigenvalue weighted by molar-refractivity contribution is 6.32. The average molecular weight is 199 g/mol. The zero-order valence-electron chi connectivity index (χ0n) is 8.48. The molecule has 1 nitrogen and oxygen atoms in total. The molecular weight excluding hydrogens is 184 g/mol. The van der Waals surface area contributed by atoms with Crippen molar-refractivity contribution < 1.29 is 5.11 Å². The van der Waals surface area contributed by atoms with Crippen molar-refractivity contribution in [2.24, 2.45) is 0 Å². The van der Waals surface area contributed by atoms with Crippen molar-refractivity contribution >= 4 is 11.6 Å². The molecule has 0 fully saturated rings. The van der Waals surface area contributed by atoms with Gasteiger partial charge in [-0.05, 0) is 29.5 Å². The van der Waals surface area contributed by atoms with Crippen molar-refractivity contribution in [2.75, 3.05) is 0 Å². The first-order valence-electron chi connectivity index (χ1n) is 4.32. The lowest BCUT2D eigenvalue weighted by atomic mass is 9.86. The fourth-order valence-corrected chi connectivity index (χ4v) is 1.29. The van der Waals surface area contributed by atoms with Gasteiger partial charge in [0.15, 0.2) is 0 Å². The van der Waals surface area contributed by atoms with E-state index in [1.54, 1.807) is 6.07 Å². The standard InChI is InChI=1S/C11H15ClO/c1-7-5-8(11(2,3)4)6-9(13)10(7)12/h5-6,13H,1-4H3. The Kier molecular flexibility index (Phi) is 2.58. The Bertz CT molecular complexity index is 300. The number of aromatic hydroxyl groups is 1. The summed E-state index contributed by atoms with van der Waals surface area (Å²) in [6, 6.07) is 3.75. The molecule has 0 radical (unpaired) electrons. The van der Waals surface area contributed by atoms with Gasteiger partial charge in [-0.1, -0.05) is 38.4 Å². The molecule has 0 aliphatic carbocycles. The maximum Gasteiger partial charge on any atom is 0.134 e. The Morgan fingerprint density at radius 2 is 1.77 bits per heavy atom. The molecule has 0 bridgehead atoms. The molecule has 0 unspecified atom stereocenters. The molecule has 13 heavy (non-hydrogen) atoms. The minimum absolute atomic E-state index is 0.0484. The summed E-state index contributed by atoms with van der Waals surface area (Å²) in [6.07, 6.45) is 0. The maximum absolute atomic E-state index is 9.51. The van der Waals surface area contributed by atoms with Gasteiger partial charge in [0.05, 0.1) is 5.02 Å². The highest BCUT2D eigenvalue weighted by atomic mass is 35.5. The largest absolute Gasteiger partial charge is 0.506 e. The van der Waals surface area contributed by atoms with E-state index in [1.807, 2.05) is 13.0 Å². The van der Waals surface area contributed by atoms with Crippen LogP contribution in [0.15, 0.2) is 12.1 Å². The maximum atomic E-state index is 9.51. The van der Waals surface area contributed by atoms with E-state index in [0.717, 1.165) is 11.1 Å². The summed E-state index contributed by atoms with van der Waals surface area (Å²) in [5.74, 6) is 0.173. The predicted octanol–water partition coefficient (Wildman–Crippen LogP) is 3.65. The van der Waals surface area contributed by atoms with Gasteiger partial charge in [-0.2, -0.15) is 0 Å². The molecule has 0 amide bonds. The highest BCUT2D eigenvalue weighted by Crippen LogP contribution is 2.33. The summed E-state index contributed by atoms with van der Waals surface area (Å²) in [4.78, 5) is 0. The van der Waals surface area contributed by atoms with Gasteiger partial charge in [0, 0.05) is 0 Å². The molecule has 1 aromatic carbocycles. The van der Waals surface area contributed by atoms with Crippen LogP contribution in [0.1, 0.15) is 31.9 Å². The van der Waals surface area contributed by atoms with Crippen molar-refractivity contribution in [3.63, 3.8) is 0 Å². The quantitative estimate of drug-likeness (QED) is 0.675. The topological polar surface area (TPSA) is 20.2 Å². The summed E-state index contributed by atoms with van der Waals surface area (Å²) < 4.78 is 0. The van der Waals surface area contributed by atoms with Crippen LogP contribution >= 0.6 is 11.6 Å². The lowest BCUT2D eigenvalue weighted by Crippen LogP contribution is -2.11. The summed E-state index contributed by atoms with van der Waals surface area (Å²) in [5.41, 5.74) is 2.07. The number of halogens is 1. The third-order valence-corrected chi connectivity index (χ3v) is 2.59. The molecule has 0 spiro atoms. The van der Waals surface area contributed by atoms with Gasteiger partial charge < -0.3 is 5.11 Å². The van der Waals surface area contributed by atoms with E-state index in [-0.39, 0.29) is 11.2 Å². The van der Waals surface area contributed by atoms with Crippen LogP contribution < -0.4 is 0 Å². The Hall–Kier alpha value is -0.690. The van der Waals surface area contributed by atoms with Gasteiger partial charge >= 0.3 is 0 Å². The van der Waals surface area contributed by atoms with E-state index in [9.17, 15) is 5.11 Å². The lowest BCUT2D eigenvalue weighted by Gasteiger charge is -2.20. The molecule has 0 aliphatic heterocycles. The molecule has 0 aliphatic rings. The minimum atomic E-state index is 0.0484. The van der Waals surface area contributed by atoms with E-state index < -0.39 is 0 Å². The Morgan fingerprint density at radius 3 is 2.15 bits per heavy atom. The molecular formula is C11H15ClO. The van der Waals surface area contributed by atoms with Gasteiger partial charge in [-0.3, -0.25) is 0 Å². The molecule has 0 aromatic heterocycles. The van der Waals surface area contributed by atoms with Crippen LogP contribution in [0.3, 0.4) is 0 Å². The van der Waals surface area contributed by atoms with Crippen molar-refractivity contribution in [2.45, 2.75) is 33.1 Å². The second-order valence-electron chi connectivity index (χ2n) is 4.38. The Balaban J connectivity index is 3.29. The minimum Gasteiger partial charge on any atom is -0.506 e. The SMILES string of the molecule is Cc1cc(C(C)(C)C)cc(O)c1Cl. The second kappa shape index (κ2) is 3.22. The van der Waals surface area contributed by atoms with E-state index >= 15 is 0 Å². The fourth-order valence-electron chi connectivity index (χ4n) is 1.18. The van der Waals surface area contributed by atoms with Crippen LogP contribution in [-0.4, -0.2) is 5.11 Å². The van der Waals surface area contributed by atoms with Crippen LogP contribution in [0, 0.1) is 6.92 Å². The molecule has 0 heterocycles. The molecule has 2 heteroatoms. The zero-order valence-corrected chi connectivity index (χ0v) is 9.24. The summed E-state index contributed by atoms with van der Waals surface area (Å²) >= 11 is 5.85. The Labute approximate surface area is 84.4 Å². The number of benzene rings is 1. The zero-order chi connectivity index (χ0) is 10.2. The molecule has 0 atom stereocenters. The van der Waals surface area contributed by atoms with Crippen molar-refractivity contribution in [1.82, 2.24) is 0 Å². The highest BCUT2D eigenvalue weighted by Gasteiger charge is 2.16. The number of hydrogen-bond acceptors (Lipinski definition) is 1. The number of aryl methyl sites for hydroxylation is 1. The first-order chi connectivity index (χ1) is 5.82. The van der Waals surface area contributed by atoms with Gasteiger partial charge in [-0.25, -0.2) is 0 Å². The average Bonchev–Trinajstić information content (AvgIpc) is 1.97. The van der Waals surface area contributed by atoms with E-state index in [0.29, 0.717) is 5.02 Å². The first kappa shape index (κ1) is 10.4. The van der Waals surface area contributed by atoms with Crippen LogP contribution in [0.4, 0.5) is 0 Å². The van der Waals surface area contributed by atoms with Crippen LogP contribution in [0.25, 0.3) is 0 Å². The Morgan fingerprint density at radius 1 is 1.23 bits per heavy atom. The number of phenols is 1. The van der Waals surface area contributed by atoms with Crippen molar-refractivity contribution in [3.05, 3.63) is 28.3 Å². The molecule has 1 N–H and O–H groups in total. The summed E-state index contributed by atoms with van der Waals surface area (Å²) in [7, 11) is 0. The normalized spacial score (nSPS) is 11.8. The number of phenolic OH excluding ortho intramolecular Hbond substituents is 1. The summed E-state index contributed by atoms with van der Waals surface area (Å²) in [6.45, 7) is 8.22. The van der Waals surface area contributed by atoms with Gasteiger partial charge in [0.25, 0.3) is 0 Å². The second-order valence-corrected chi connectivity index (χ2v) is 4.75. The van der Waals surface area contributed by atoms with E-state index in [4.69, 9.17) is 11.6 Å². The summed E-state index contributed by atoms with van der Waals surface area (Å²) in [5, 5.41) is 9.96. The predicted molar refractivity (Wildman–Crippen MR) is 56.6 cm³/mol. The molecule has 0 saturated heterocycles. The van der Waals surface area contributed by atoms with Crippen LogP contribution in [0.5, 0.6) is 5.75 Å². The fraction of sp³-hybridized carbons (Fsp3) is 0.455. The van der Waals surface area contributed by atoms with Crippen molar-refractivity contribution in [1.29, 1.82) is 0 Å². The number of hydrogen-bond donors (Lipinski definition) is 1. The lowest BCUT2D eigenvalue weighted by molar-refractivity contribution is 0.470. The van der Waals surface area contributed by atoms with Crippen LogP contribution in [-0.2, 0) is 5.41 Å². The monoisotopic (exact) mass is 198 g/mol. The third-order valence-electron chi connectivity index (χ3n) is 2.10. The van der Waals surface area contributed by atoms with E-state index in [2.05, 4.69) is 20.8 Å². The molecule has 1 aromatic rings. The molecule has 72 valence electrons. The van der Waals surface area contributed by atoms with Gasteiger partial charge in [-0.15, -0.1) is 0 Å². The van der Waals surface area contributed by atoms with Gasteiger partial charge in [0.2, 0.25) is 0 Å². The van der Waals surface area contributed by atoms with E-state index in [1.165, 1.54) is 0 Å². The smallest absolute Gasteiger partial charge is 0.134 e.